The average molecular weight is 259 g/mol. The molecule has 0 unspecified atom stereocenters. The normalized spacial score (nSPS) is 15.8. The fraction of sp³-hybridized carbons (Fsp3) is 0.500. The molecule has 0 heterocycles. The Labute approximate surface area is 106 Å². The first-order valence-electron chi connectivity index (χ1n) is 5.58. The maximum absolute atomic E-state index is 6.16. The van der Waals surface area contributed by atoms with Gasteiger partial charge in [0, 0.05) is 35.7 Å². The number of hydrogen-bond donors (Lipinski definition) is 1. The van der Waals surface area contributed by atoms with Gasteiger partial charge in [-0.1, -0.05) is 29.3 Å². The maximum atomic E-state index is 6.16. The molecule has 0 aliphatic heterocycles. The minimum atomic E-state index is 0.686. The Morgan fingerprint density at radius 2 is 2.06 bits per heavy atom. The second kappa shape index (κ2) is 5.37. The van der Waals surface area contributed by atoms with Crippen molar-refractivity contribution in [1.29, 1.82) is 0 Å². The number of halogens is 2. The summed E-state index contributed by atoms with van der Waals surface area (Å²) < 4.78 is 0. The van der Waals surface area contributed by atoms with Crippen molar-refractivity contribution in [2.45, 2.75) is 25.4 Å². The van der Waals surface area contributed by atoms with E-state index in [4.69, 9.17) is 28.9 Å². The molecule has 1 aliphatic carbocycles. The molecule has 1 fully saturated rings. The maximum Gasteiger partial charge on any atom is 0.0465 e. The van der Waals surface area contributed by atoms with Crippen LogP contribution in [0, 0.1) is 0 Å². The third kappa shape index (κ3) is 3.11. The molecule has 0 radical (unpaired) electrons. The number of nitrogens with two attached hydrogens (primary N) is 1. The van der Waals surface area contributed by atoms with Crippen LogP contribution in [0.15, 0.2) is 18.2 Å². The smallest absolute Gasteiger partial charge is 0.0465 e. The lowest BCUT2D eigenvalue weighted by atomic mass is 10.2. The predicted molar refractivity (Wildman–Crippen MR) is 68.9 cm³/mol. The standard InChI is InChI=1S/C12H16Cl2N2/c13-10-2-1-9(12(14)7-10)8-16(6-5-15)11-3-4-11/h1-2,7,11H,3-6,8,15H2. The highest BCUT2D eigenvalue weighted by molar-refractivity contribution is 6.35. The van der Waals surface area contributed by atoms with E-state index in [0.717, 1.165) is 23.7 Å². The van der Waals surface area contributed by atoms with Crippen molar-refractivity contribution in [2.24, 2.45) is 5.73 Å². The van der Waals surface area contributed by atoms with E-state index in [9.17, 15) is 0 Å². The lowest BCUT2D eigenvalue weighted by molar-refractivity contribution is 0.262. The van der Waals surface area contributed by atoms with E-state index >= 15 is 0 Å². The quantitative estimate of drug-likeness (QED) is 0.880. The van der Waals surface area contributed by atoms with E-state index in [0.29, 0.717) is 17.6 Å². The second-order valence-electron chi connectivity index (χ2n) is 4.23. The Kier molecular flexibility index (Phi) is 4.09. The monoisotopic (exact) mass is 258 g/mol. The van der Waals surface area contributed by atoms with Crippen LogP contribution in [0.4, 0.5) is 0 Å². The van der Waals surface area contributed by atoms with Crippen LogP contribution in [0.25, 0.3) is 0 Å². The van der Waals surface area contributed by atoms with Crippen molar-refractivity contribution >= 4 is 23.2 Å². The highest BCUT2D eigenvalue weighted by Crippen LogP contribution is 2.30. The van der Waals surface area contributed by atoms with E-state index in [1.54, 1.807) is 6.07 Å². The second-order valence-corrected chi connectivity index (χ2v) is 5.07. The van der Waals surface area contributed by atoms with Crippen LogP contribution in [-0.4, -0.2) is 24.0 Å². The van der Waals surface area contributed by atoms with Crippen LogP contribution in [-0.2, 0) is 6.54 Å². The largest absolute Gasteiger partial charge is 0.329 e. The van der Waals surface area contributed by atoms with Gasteiger partial charge in [-0.2, -0.15) is 0 Å². The molecule has 0 spiro atoms. The van der Waals surface area contributed by atoms with Gasteiger partial charge >= 0.3 is 0 Å². The molecule has 1 saturated carbocycles. The zero-order valence-corrected chi connectivity index (χ0v) is 10.6. The van der Waals surface area contributed by atoms with E-state index in [1.165, 1.54) is 12.8 Å². The van der Waals surface area contributed by atoms with Gasteiger partial charge in [-0.05, 0) is 30.5 Å². The summed E-state index contributed by atoms with van der Waals surface area (Å²) in [5, 5.41) is 1.43. The third-order valence-electron chi connectivity index (χ3n) is 2.87. The summed E-state index contributed by atoms with van der Waals surface area (Å²) >= 11 is 12.0. The fourth-order valence-electron chi connectivity index (χ4n) is 1.86. The van der Waals surface area contributed by atoms with E-state index in [1.807, 2.05) is 12.1 Å². The van der Waals surface area contributed by atoms with Gasteiger partial charge in [0.05, 0.1) is 0 Å². The molecule has 1 aromatic rings. The summed E-state index contributed by atoms with van der Waals surface area (Å²) in [5.41, 5.74) is 6.75. The molecule has 2 nitrogen and oxygen atoms in total. The molecular weight excluding hydrogens is 243 g/mol. The van der Waals surface area contributed by atoms with Crippen molar-refractivity contribution in [1.82, 2.24) is 4.90 Å². The van der Waals surface area contributed by atoms with Crippen molar-refractivity contribution in [3.8, 4) is 0 Å². The Hall–Kier alpha value is -0.280. The number of hydrogen-bond acceptors (Lipinski definition) is 2. The molecule has 0 amide bonds. The van der Waals surface area contributed by atoms with Gasteiger partial charge in [-0.15, -0.1) is 0 Å². The molecule has 1 aromatic carbocycles. The van der Waals surface area contributed by atoms with Crippen molar-refractivity contribution in [2.75, 3.05) is 13.1 Å². The first kappa shape index (κ1) is 12.2. The fourth-order valence-corrected chi connectivity index (χ4v) is 2.33. The molecule has 0 aromatic heterocycles. The Bertz CT molecular complexity index is 364. The SMILES string of the molecule is NCCN(Cc1ccc(Cl)cc1Cl)C1CC1. The molecule has 16 heavy (non-hydrogen) atoms. The van der Waals surface area contributed by atoms with Crippen LogP contribution in [0.2, 0.25) is 10.0 Å². The molecule has 2 rings (SSSR count). The van der Waals surface area contributed by atoms with Gasteiger partial charge in [-0.25, -0.2) is 0 Å². The predicted octanol–water partition coefficient (Wildman–Crippen LogP) is 2.92. The summed E-state index contributed by atoms with van der Waals surface area (Å²) in [7, 11) is 0. The first-order valence-corrected chi connectivity index (χ1v) is 6.34. The molecule has 4 heteroatoms. The first-order chi connectivity index (χ1) is 7.70. The molecule has 2 N–H and O–H groups in total. The van der Waals surface area contributed by atoms with Crippen molar-refractivity contribution in [3.05, 3.63) is 33.8 Å². The topological polar surface area (TPSA) is 29.3 Å². The third-order valence-corrected chi connectivity index (χ3v) is 3.46. The highest BCUT2D eigenvalue weighted by Gasteiger charge is 2.28. The van der Waals surface area contributed by atoms with Crippen LogP contribution in [0.1, 0.15) is 18.4 Å². The van der Waals surface area contributed by atoms with E-state index in [2.05, 4.69) is 4.90 Å². The van der Waals surface area contributed by atoms with Gasteiger partial charge in [0.2, 0.25) is 0 Å². The Morgan fingerprint density at radius 1 is 1.31 bits per heavy atom. The number of benzene rings is 1. The lowest BCUT2D eigenvalue weighted by Crippen LogP contribution is -2.31. The highest BCUT2D eigenvalue weighted by atomic mass is 35.5. The molecule has 0 bridgehead atoms. The summed E-state index contributed by atoms with van der Waals surface area (Å²) in [6, 6.07) is 6.38. The lowest BCUT2D eigenvalue weighted by Gasteiger charge is -2.21. The molecule has 1 aliphatic rings. The van der Waals surface area contributed by atoms with Gasteiger partial charge in [0.15, 0.2) is 0 Å². The number of nitrogens with zero attached hydrogens (tertiary/aromatic N) is 1. The summed E-state index contributed by atoms with van der Waals surface area (Å²) in [5.74, 6) is 0. The van der Waals surface area contributed by atoms with Gasteiger partial charge in [-0.3, -0.25) is 4.90 Å². The Morgan fingerprint density at radius 3 is 2.62 bits per heavy atom. The van der Waals surface area contributed by atoms with Crippen LogP contribution >= 0.6 is 23.2 Å². The summed E-state index contributed by atoms with van der Waals surface area (Å²) in [6.07, 6.45) is 2.57. The average Bonchev–Trinajstić information content (AvgIpc) is 3.04. The van der Waals surface area contributed by atoms with E-state index < -0.39 is 0 Å². The van der Waals surface area contributed by atoms with Crippen molar-refractivity contribution in [3.63, 3.8) is 0 Å². The van der Waals surface area contributed by atoms with Gasteiger partial charge < -0.3 is 5.73 Å². The van der Waals surface area contributed by atoms with Crippen molar-refractivity contribution < 1.29 is 0 Å². The summed E-state index contributed by atoms with van der Waals surface area (Å²) in [6.45, 7) is 2.50. The molecule has 88 valence electrons. The zero-order chi connectivity index (χ0) is 11.5. The molecule has 0 saturated heterocycles. The minimum Gasteiger partial charge on any atom is -0.329 e. The van der Waals surface area contributed by atoms with Crippen LogP contribution < -0.4 is 5.73 Å². The zero-order valence-electron chi connectivity index (χ0n) is 9.13. The minimum absolute atomic E-state index is 0.686. The van der Waals surface area contributed by atoms with Crippen LogP contribution in [0.3, 0.4) is 0 Å². The summed E-state index contributed by atoms with van der Waals surface area (Å²) in [4.78, 5) is 2.40. The molecular formula is C12H16Cl2N2. The number of rotatable bonds is 5. The van der Waals surface area contributed by atoms with Crippen LogP contribution in [0.5, 0.6) is 0 Å². The van der Waals surface area contributed by atoms with Gasteiger partial charge in [0.25, 0.3) is 0 Å². The Balaban J connectivity index is 2.05. The molecule has 0 atom stereocenters. The van der Waals surface area contributed by atoms with Gasteiger partial charge in [0.1, 0.15) is 0 Å². The van der Waals surface area contributed by atoms with E-state index in [-0.39, 0.29) is 0 Å².